The molecule has 0 aromatic carbocycles. The molecule has 0 unspecified atom stereocenters. The first-order chi connectivity index (χ1) is 9.27. The molecular weight excluding hydrogens is 234 g/mol. The molecule has 0 aliphatic heterocycles. The number of rotatable bonds is 5. The van der Waals surface area contributed by atoms with Crippen LogP contribution in [0.5, 0.6) is 0 Å². The Kier molecular flexibility index (Phi) is 5.90. The average molecular weight is 263 g/mol. The molecule has 108 valence electrons. The lowest BCUT2D eigenvalue weighted by molar-refractivity contribution is 0.362. The zero-order valence-electron chi connectivity index (χ0n) is 12.6. The zero-order valence-corrected chi connectivity index (χ0v) is 12.6. The Bertz CT molecular complexity index is 349. The van der Waals surface area contributed by atoms with Crippen LogP contribution >= 0.6 is 0 Å². The average Bonchev–Trinajstić information content (AvgIpc) is 2.76. The van der Waals surface area contributed by atoms with Crippen LogP contribution in [0.15, 0.2) is 12.5 Å². The molecule has 19 heavy (non-hydrogen) atoms. The third-order valence-corrected chi connectivity index (χ3v) is 4.07. The Morgan fingerprint density at radius 1 is 1.21 bits per heavy atom. The maximum atomic E-state index is 4.37. The lowest BCUT2D eigenvalue weighted by Crippen LogP contribution is -2.22. The minimum absolute atomic E-state index is 0.679. The van der Waals surface area contributed by atoms with Crippen molar-refractivity contribution in [1.29, 1.82) is 0 Å². The van der Waals surface area contributed by atoms with Crippen LogP contribution in [0, 0.1) is 5.92 Å². The molecule has 1 heterocycles. The molecule has 1 fully saturated rings. The fraction of sp³-hybridized carbons (Fsp3) is 0.812. The van der Waals surface area contributed by atoms with Gasteiger partial charge >= 0.3 is 0 Å². The number of hydrogen-bond acceptors (Lipinski definition) is 2. The van der Waals surface area contributed by atoms with E-state index in [0.717, 1.165) is 13.1 Å². The highest BCUT2D eigenvalue weighted by molar-refractivity contribution is 5.00. The minimum Gasteiger partial charge on any atom is -0.330 e. The van der Waals surface area contributed by atoms with Gasteiger partial charge < -0.3 is 9.88 Å². The van der Waals surface area contributed by atoms with Gasteiger partial charge in [-0.3, -0.25) is 0 Å². The van der Waals surface area contributed by atoms with Gasteiger partial charge in [0.05, 0.1) is 12.0 Å². The van der Waals surface area contributed by atoms with E-state index in [2.05, 4.69) is 28.7 Å². The fourth-order valence-corrected chi connectivity index (χ4v) is 3.00. The van der Waals surface area contributed by atoms with E-state index in [4.69, 9.17) is 0 Å². The minimum atomic E-state index is 0.679. The van der Waals surface area contributed by atoms with Crippen LogP contribution in [0.3, 0.4) is 0 Å². The number of aromatic nitrogens is 2. The molecule has 0 atom stereocenters. The van der Waals surface area contributed by atoms with Crippen molar-refractivity contribution in [3.63, 3.8) is 0 Å². The predicted molar refractivity (Wildman–Crippen MR) is 80.1 cm³/mol. The second-order valence-electron chi connectivity index (χ2n) is 6.32. The molecule has 0 bridgehead atoms. The lowest BCUT2D eigenvalue weighted by Gasteiger charge is -2.23. The van der Waals surface area contributed by atoms with Gasteiger partial charge in [-0.1, -0.05) is 46.0 Å². The van der Waals surface area contributed by atoms with Gasteiger partial charge in [0.2, 0.25) is 0 Å². The molecule has 0 spiro atoms. The van der Waals surface area contributed by atoms with E-state index in [-0.39, 0.29) is 0 Å². The van der Waals surface area contributed by atoms with Gasteiger partial charge in [0.15, 0.2) is 0 Å². The van der Waals surface area contributed by atoms with Gasteiger partial charge in [-0.2, -0.15) is 0 Å². The first-order valence-electron chi connectivity index (χ1n) is 7.99. The first kappa shape index (κ1) is 14.6. The zero-order chi connectivity index (χ0) is 13.5. The third kappa shape index (κ3) is 4.64. The van der Waals surface area contributed by atoms with E-state index in [9.17, 15) is 0 Å². The second-order valence-corrected chi connectivity index (χ2v) is 6.32. The molecule has 1 aliphatic rings. The Balaban J connectivity index is 1.92. The van der Waals surface area contributed by atoms with Crippen molar-refractivity contribution in [3.05, 3.63) is 18.2 Å². The predicted octanol–water partition coefficient (Wildman–Crippen LogP) is 3.91. The number of imidazole rings is 1. The molecule has 3 nitrogen and oxygen atoms in total. The number of hydrogen-bond donors (Lipinski definition) is 1. The van der Waals surface area contributed by atoms with Gasteiger partial charge in [0, 0.05) is 18.8 Å². The van der Waals surface area contributed by atoms with Crippen molar-refractivity contribution >= 4 is 0 Å². The van der Waals surface area contributed by atoms with E-state index in [1.165, 1.54) is 50.6 Å². The first-order valence-corrected chi connectivity index (χ1v) is 7.99. The van der Waals surface area contributed by atoms with Crippen molar-refractivity contribution in [2.24, 2.45) is 5.92 Å². The summed E-state index contributed by atoms with van der Waals surface area (Å²) < 4.78 is 2.43. The lowest BCUT2D eigenvalue weighted by atomic mass is 9.96. The monoisotopic (exact) mass is 263 g/mol. The summed E-state index contributed by atoms with van der Waals surface area (Å²) in [7, 11) is 0. The summed E-state index contributed by atoms with van der Waals surface area (Å²) >= 11 is 0. The Morgan fingerprint density at radius 3 is 2.58 bits per heavy atom. The van der Waals surface area contributed by atoms with E-state index >= 15 is 0 Å². The molecule has 1 saturated carbocycles. The Morgan fingerprint density at radius 2 is 1.89 bits per heavy atom. The van der Waals surface area contributed by atoms with Crippen LogP contribution in [0.4, 0.5) is 0 Å². The van der Waals surface area contributed by atoms with Crippen molar-refractivity contribution in [2.45, 2.75) is 71.4 Å². The van der Waals surface area contributed by atoms with Crippen LogP contribution in [0.2, 0.25) is 0 Å². The molecule has 1 aromatic rings. The van der Waals surface area contributed by atoms with Gasteiger partial charge in [0.1, 0.15) is 0 Å². The van der Waals surface area contributed by atoms with Gasteiger partial charge in [-0.25, -0.2) is 4.98 Å². The molecule has 0 radical (unpaired) electrons. The van der Waals surface area contributed by atoms with Crippen molar-refractivity contribution in [2.75, 3.05) is 6.54 Å². The molecule has 3 heteroatoms. The number of nitrogens with one attached hydrogen (secondary N) is 1. The van der Waals surface area contributed by atoms with Crippen molar-refractivity contribution < 1.29 is 0 Å². The highest BCUT2D eigenvalue weighted by atomic mass is 15.1. The van der Waals surface area contributed by atoms with E-state index in [1.54, 1.807) is 0 Å². The quantitative estimate of drug-likeness (QED) is 0.872. The molecule has 0 amide bonds. The maximum Gasteiger partial charge on any atom is 0.0951 e. The summed E-state index contributed by atoms with van der Waals surface area (Å²) in [6.45, 7) is 6.53. The van der Waals surface area contributed by atoms with E-state index < -0.39 is 0 Å². The third-order valence-electron chi connectivity index (χ3n) is 4.07. The normalized spacial score (nSPS) is 18.5. The Labute approximate surface area is 117 Å². The van der Waals surface area contributed by atoms with Gasteiger partial charge in [-0.05, 0) is 25.3 Å². The van der Waals surface area contributed by atoms with Crippen molar-refractivity contribution in [1.82, 2.24) is 14.9 Å². The summed E-state index contributed by atoms with van der Waals surface area (Å²) in [5, 5.41) is 3.53. The summed E-state index contributed by atoms with van der Waals surface area (Å²) in [6.07, 6.45) is 13.7. The molecule has 1 N–H and O–H groups in total. The fourth-order valence-electron chi connectivity index (χ4n) is 3.00. The summed E-state index contributed by atoms with van der Waals surface area (Å²) in [5.41, 5.74) is 1.35. The van der Waals surface area contributed by atoms with Crippen LogP contribution in [0.25, 0.3) is 0 Å². The SMILES string of the molecule is CC(C)CNCc1cncn1C1CCCCCCC1. The smallest absolute Gasteiger partial charge is 0.0951 e. The largest absolute Gasteiger partial charge is 0.330 e. The van der Waals surface area contributed by atoms with Crippen LogP contribution < -0.4 is 5.32 Å². The highest BCUT2D eigenvalue weighted by Crippen LogP contribution is 2.27. The van der Waals surface area contributed by atoms with Crippen LogP contribution in [-0.2, 0) is 6.54 Å². The molecule has 1 aliphatic carbocycles. The topological polar surface area (TPSA) is 29.9 Å². The molecule has 2 rings (SSSR count). The second kappa shape index (κ2) is 7.68. The van der Waals surface area contributed by atoms with E-state index in [1.807, 2.05) is 12.5 Å². The summed E-state index contributed by atoms with van der Waals surface area (Å²) in [5.74, 6) is 0.706. The molecule has 0 saturated heterocycles. The van der Waals surface area contributed by atoms with Crippen LogP contribution in [-0.4, -0.2) is 16.1 Å². The van der Waals surface area contributed by atoms with Crippen molar-refractivity contribution in [3.8, 4) is 0 Å². The molecule has 1 aromatic heterocycles. The van der Waals surface area contributed by atoms with E-state index in [0.29, 0.717) is 12.0 Å². The number of nitrogens with zero attached hydrogens (tertiary/aromatic N) is 2. The summed E-state index contributed by atoms with van der Waals surface area (Å²) in [6, 6.07) is 0.679. The van der Waals surface area contributed by atoms with Crippen LogP contribution in [0.1, 0.15) is 70.5 Å². The highest BCUT2D eigenvalue weighted by Gasteiger charge is 2.15. The maximum absolute atomic E-state index is 4.37. The van der Waals surface area contributed by atoms with Gasteiger partial charge in [0.25, 0.3) is 0 Å². The summed E-state index contributed by atoms with van der Waals surface area (Å²) in [4.78, 5) is 4.37. The molecular formula is C16H29N3. The standard InChI is InChI=1S/C16H29N3/c1-14(2)10-17-11-16-12-18-13-19(16)15-8-6-4-3-5-7-9-15/h12-15,17H,3-11H2,1-2H3. The Hall–Kier alpha value is -0.830. The van der Waals surface area contributed by atoms with Gasteiger partial charge in [-0.15, -0.1) is 0 Å².